The Kier molecular flexibility index (Phi) is 6.70. The van der Waals surface area contributed by atoms with Crippen LogP contribution in [-0.4, -0.2) is 40.7 Å². The second-order valence-electron chi connectivity index (χ2n) is 7.19. The lowest BCUT2D eigenvalue weighted by molar-refractivity contribution is 0.0592. The van der Waals surface area contributed by atoms with E-state index in [1.165, 1.54) is 35.5 Å². The van der Waals surface area contributed by atoms with Crippen molar-refractivity contribution in [2.45, 2.75) is 33.4 Å². The van der Waals surface area contributed by atoms with Gasteiger partial charge in [0.15, 0.2) is 5.78 Å². The zero-order valence-electron chi connectivity index (χ0n) is 17.7. The van der Waals surface area contributed by atoms with Crippen LogP contribution in [0.3, 0.4) is 0 Å². The number of aromatic amines is 1. The van der Waals surface area contributed by atoms with Crippen LogP contribution in [0.25, 0.3) is 0 Å². The van der Waals surface area contributed by atoms with Crippen molar-refractivity contribution in [3.63, 3.8) is 0 Å². The minimum atomic E-state index is -0.821. The molecule has 1 amide bonds. The lowest BCUT2D eigenvalue weighted by Crippen LogP contribution is -2.42. The Morgan fingerprint density at radius 1 is 1.16 bits per heavy atom. The third-order valence-electron chi connectivity index (χ3n) is 5.18. The Balaban J connectivity index is 1.97. The number of carbonyl (C=O) groups excluding carboxylic acids is 3. The number of halogens is 1. The maximum atomic E-state index is 13.4. The van der Waals surface area contributed by atoms with Gasteiger partial charge in [0, 0.05) is 17.8 Å². The molecule has 0 aliphatic heterocycles. The van der Waals surface area contributed by atoms with Crippen LogP contribution in [-0.2, 0) is 11.3 Å². The zero-order chi connectivity index (χ0) is 22.7. The quantitative estimate of drug-likeness (QED) is 0.431. The lowest BCUT2D eigenvalue weighted by Gasteiger charge is -2.28. The summed E-state index contributed by atoms with van der Waals surface area (Å²) in [5.74, 6) is -1.53. The number of rotatable bonds is 7. The molecule has 0 aliphatic rings. The Morgan fingerprint density at radius 3 is 2.42 bits per heavy atom. The average Bonchev–Trinajstić information content (AvgIpc) is 3.39. The summed E-state index contributed by atoms with van der Waals surface area (Å²) in [6.07, 6.45) is 0. The van der Waals surface area contributed by atoms with Gasteiger partial charge < -0.3 is 14.6 Å². The topological polar surface area (TPSA) is 79.5 Å². The van der Waals surface area contributed by atoms with Crippen LogP contribution in [0, 0.1) is 19.7 Å². The standard InChI is InChI=1S/C23H23FN2O4S/c1-13-19(14(2)25-20(13)23(29)30-4)21(27)15(3)26(22(28)18-6-5-11-31-18)12-16-7-9-17(24)10-8-16/h5-11,15,25H,12H2,1-4H3. The Labute approximate surface area is 183 Å². The first kappa shape index (κ1) is 22.4. The molecule has 0 fully saturated rings. The van der Waals surface area contributed by atoms with E-state index in [9.17, 15) is 18.8 Å². The number of nitrogens with zero attached hydrogens (tertiary/aromatic N) is 1. The number of benzene rings is 1. The third kappa shape index (κ3) is 4.59. The van der Waals surface area contributed by atoms with E-state index in [0.717, 1.165) is 0 Å². The van der Waals surface area contributed by atoms with Crippen molar-refractivity contribution in [2.75, 3.05) is 7.11 Å². The molecule has 0 saturated carbocycles. The second kappa shape index (κ2) is 9.26. The first-order valence-corrected chi connectivity index (χ1v) is 10.5. The smallest absolute Gasteiger partial charge is 0.354 e. The fraction of sp³-hybridized carbons (Fsp3) is 0.261. The highest BCUT2D eigenvalue weighted by molar-refractivity contribution is 7.12. The molecular formula is C23H23FN2O4S. The van der Waals surface area contributed by atoms with Crippen molar-refractivity contribution in [3.05, 3.63) is 80.6 Å². The van der Waals surface area contributed by atoms with Crippen LogP contribution in [0.1, 0.15) is 54.3 Å². The number of thiophene rings is 1. The number of carbonyl (C=O) groups is 3. The number of ketones is 1. The van der Waals surface area contributed by atoms with Gasteiger partial charge in [-0.05, 0) is 55.5 Å². The van der Waals surface area contributed by atoms with E-state index >= 15 is 0 Å². The van der Waals surface area contributed by atoms with E-state index < -0.39 is 12.0 Å². The highest BCUT2D eigenvalue weighted by atomic mass is 32.1. The van der Waals surface area contributed by atoms with Gasteiger partial charge in [0.1, 0.15) is 11.5 Å². The minimum absolute atomic E-state index is 0.135. The third-order valence-corrected chi connectivity index (χ3v) is 6.04. The SMILES string of the molecule is COC(=O)c1[nH]c(C)c(C(=O)C(C)N(Cc2ccc(F)cc2)C(=O)c2cccs2)c1C. The summed E-state index contributed by atoms with van der Waals surface area (Å²) < 4.78 is 18.1. The fourth-order valence-corrected chi connectivity index (χ4v) is 4.17. The molecule has 0 bridgehead atoms. The summed E-state index contributed by atoms with van der Waals surface area (Å²) >= 11 is 1.28. The Morgan fingerprint density at radius 2 is 1.84 bits per heavy atom. The molecule has 2 aromatic heterocycles. The normalized spacial score (nSPS) is 11.8. The molecule has 8 heteroatoms. The van der Waals surface area contributed by atoms with Gasteiger partial charge in [-0.25, -0.2) is 9.18 Å². The summed E-state index contributed by atoms with van der Waals surface area (Å²) in [6.45, 7) is 5.16. The molecule has 31 heavy (non-hydrogen) atoms. The van der Waals surface area contributed by atoms with Gasteiger partial charge >= 0.3 is 5.97 Å². The van der Waals surface area contributed by atoms with Gasteiger partial charge in [-0.15, -0.1) is 11.3 Å². The Hall–Kier alpha value is -3.26. The van der Waals surface area contributed by atoms with E-state index in [2.05, 4.69) is 4.98 Å². The van der Waals surface area contributed by atoms with Gasteiger partial charge in [0.05, 0.1) is 18.0 Å². The largest absolute Gasteiger partial charge is 0.464 e. The first-order valence-electron chi connectivity index (χ1n) is 9.65. The highest BCUT2D eigenvalue weighted by Crippen LogP contribution is 2.24. The summed E-state index contributed by atoms with van der Waals surface area (Å²) in [4.78, 5) is 43.5. The molecule has 1 unspecified atom stereocenters. The number of nitrogens with one attached hydrogen (secondary N) is 1. The molecule has 0 saturated heterocycles. The summed E-state index contributed by atoms with van der Waals surface area (Å²) in [7, 11) is 1.27. The van der Waals surface area contributed by atoms with E-state index in [1.54, 1.807) is 50.4 Å². The van der Waals surface area contributed by atoms with Crippen molar-refractivity contribution >= 4 is 29.0 Å². The number of amides is 1. The fourth-order valence-electron chi connectivity index (χ4n) is 3.49. The first-order chi connectivity index (χ1) is 14.7. The molecular weight excluding hydrogens is 419 g/mol. The maximum absolute atomic E-state index is 13.4. The number of ether oxygens (including phenoxy) is 1. The van der Waals surface area contributed by atoms with Gasteiger partial charge in [0.2, 0.25) is 0 Å². The van der Waals surface area contributed by atoms with Crippen LogP contribution >= 0.6 is 11.3 Å². The van der Waals surface area contributed by atoms with Gasteiger partial charge in [-0.1, -0.05) is 18.2 Å². The average molecular weight is 443 g/mol. The second-order valence-corrected chi connectivity index (χ2v) is 8.14. The molecule has 1 atom stereocenters. The molecule has 3 aromatic rings. The molecule has 0 spiro atoms. The molecule has 3 rings (SSSR count). The molecule has 6 nitrogen and oxygen atoms in total. The van der Waals surface area contributed by atoms with Gasteiger partial charge in [-0.2, -0.15) is 0 Å². The van der Waals surface area contributed by atoms with Crippen LogP contribution < -0.4 is 0 Å². The van der Waals surface area contributed by atoms with Crippen LogP contribution in [0.5, 0.6) is 0 Å². The molecule has 0 radical (unpaired) electrons. The predicted molar refractivity (Wildman–Crippen MR) is 116 cm³/mol. The number of hydrogen-bond donors (Lipinski definition) is 1. The van der Waals surface area contributed by atoms with Crippen LogP contribution in [0.2, 0.25) is 0 Å². The number of aryl methyl sites for hydroxylation is 1. The van der Waals surface area contributed by atoms with E-state index in [4.69, 9.17) is 4.74 Å². The lowest BCUT2D eigenvalue weighted by atomic mass is 9.99. The van der Waals surface area contributed by atoms with E-state index in [1.807, 2.05) is 0 Å². The summed E-state index contributed by atoms with van der Waals surface area (Å²) in [5, 5.41) is 1.79. The van der Waals surface area contributed by atoms with Gasteiger partial charge in [-0.3, -0.25) is 9.59 Å². The molecule has 0 aliphatic carbocycles. The number of hydrogen-bond acceptors (Lipinski definition) is 5. The number of Topliss-reactive ketones (excluding diaryl/α,β-unsaturated/α-hetero) is 1. The molecule has 1 N–H and O–H groups in total. The van der Waals surface area contributed by atoms with Crippen LogP contribution in [0.4, 0.5) is 4.39 Å². The van der Waals surface area contributed by atoms with Gasteiger partial charge in [0.25, 0.3) is 5.91 Å². The van der Waals surface area contributed by atoms with E-state index in [-0.39, 0.29) is 29.7 Å². The van der Waals surface area contributed by atoms with Crippen molar-refractivity contribution in [1.29, 1.82) is 0 Å². The maximum Gasteiger partial charge on any atom is 0.354 e. The number of methoxy groups -OCH3 is 1. The summed E-state index contributed by atoms with van der Waals surface area (Å²) in [5.41, 5.74) is 2.27. The highest BCUT2D eigenvalue weighted by Gasteiger charge is 2.32. The summed E-state index contributed by atoms with van der Waals surface area (Å²) in [6, 6.07) is 8.45. The van der Waals surface area contributed by atoms with Crippen molar-refractivity contribution in [2.24, 2.45) is 0 Å². The number of aromatic nitrogens is 1. The molecule has 2 heterocycles. The minimum Gasteiger partial charge on any atom is -0.464 e. The molecule has 1 aromatic carbocycles. The Bertz CT molecular complexity index is 1100. The zero-order valence-corrected chi connectivity index (χ0v) is 18.5. The number of esters is 1. The molecule has 162 valence electrons. The van der Waals surface area contributed by atoms with Crippen molar-refractivity contribution in [1.82, 2.24) is 9.88 Å². The van der Waals surface area contributed by atoms with E-state index in [0.29, 0.717) is 27.3 Å². The van der Waals surface area contributed by atoms with Crippen molar-refractivity contribution < 1.29 is 23.5 Å². The predicted octanol–water partition coefficient (Wildman–Crippen LogP) is 4.53. The van der Waals surface area contributed by atoms with Crippen molar-refractivity contribution in [3.8, 4) is 0 Å². The van der Waals surface area contributed by atoms with Crippen LogP contribution in [0.15, 0.2) is 41.8 Å². The number of H-pyrrole nitrogens is 1. The monoisotopic (exact) mass is 442 g/mol.